The maximum atomic E-state index is 9.60. The van der Waals surface area contributed by atoms with Gasteiger partial charge in [-0.3, -0.25) is 0 Å². The third kappa shape index (κ3) is 4.47. The number of epoxide rings is 1. The Labute approximate surface area is 171 Å². The van der Waals surface area contributed by atoms with Gasteiger partial charge < -0.3 is 28.8 Å². The maximum Gasteiger partial charge on any atom is 0.184 e. The highest BCUT2D eigenvalue weighted by Gasteiger charge is 2.61. The fraction of sp³-hybridized carbons (Fsp3) is 0.478. The zero-order valence-electron chi connectivity index (χ0n) is 16.8. The molecule has 2 saturated heterocycles. The molecule has 2 heterocycles. The summed E-state index contributed by atoms with van der Waals surface area (Å²) in [5, 5.41) is 9.60. The van der Waals surface area contributed by atoms with E-state index in [-0.39, 0.29) is 24.9 Å². The van der Waals surface area contributed by atoms with Gasteiger partial charge >= 0.3 is 0 Å². The van der Waals surface area contributed by atoms with Crippen LogP contribution in [0.4, 0.5) is 0 Å². The fourth-order valence-electron chi connectivity index (χ4n) is 3.86. The summed E-state index contributed by atoms with van der Waals surface area (Å²) >= 11 is 0. The Kier molecular flexibility index (Phi) is 6.18. The number of aliphatic hydroxyl groups is 1. The van der Waals surface area contributed by atoms with E-state index in [9.17, 15) is 5.11 Å². The van der Waals surface area contributed by atoms with Crippen LogP contribution in [0.3, 0.4) is 0 Å². The molecule has 6 heteroatoms. The van der Waals surface area contributed by atoms with Crippen molar-refractivity contribution in [2.45, 2.75) is 50.2 Å². The lowest BCUT2D eigenvalue weighted by Crippen LogP contribution is -2.47. The van der Waals surface area contributed by atoms with Crippen LogP contribution in [0.25, 0.3) is 0 Å². The summed E-state index contributed by atoms with van der Waals surface area (Å²) in [6.45, 7) is 2.93. The van der Waals surface area contributed by atoms with Gasteiger partial charge in [-0.25, -0.2) is 0 Å². The molecule has 5 atom stereocenters. The second-order valence-corrected chi connectivity index (χ2v) is 7.63. The number of methoxy groups -OCH3 is 1. The standard InChI is InChI=1S/C23H28O6/c1-23(20(14-24)29-23)21(27-15-16-8-10-18(25-2)11-9-16)19-12-13-26-22(28-19)17-6-4-3-5-7-17/h3-11,19-22,24H,12-15H2,1-2H3/t19-,20-,21-,22-,23+/m0/s1. The van der Waals surface area contributed by atoms with Crippen molar-refractivity contribution in [1.29, 1.82) is 0 Å². The zero-order valence-corrected chi connectivity index (χ0v) is 16.8. The Balaban J connectivity index is 1.48. The predicted molar refractivity (Wildman–Crippen MR) is 107 cm³/mol. The predicted octanol–water partition coefficient (Wildman–Crippen LogP) is 3.23. The molecule has 0 amide bonds. The molecule has 2 fully saturated rings. The maximum absolute atomic E-state index is 9.60. The molecule has 0 saturated carbocycles. The third-order valence-corrected chi connectivity index (χ3v) is 5.68. The number of benzene rings is 2. The number of ether oxygens (including phenoxy) is 5. The molecular formula is C23H28O6. The van der Waals surface area contributed by atoms with Crippen molar-refractivity contribution in [3.8, 4) is 5.75 Å². The largest absolute Gasteiger partial charge is 0.497 e. The van der Waals surface area contributed by atoms with Gasteiger partial charge in [0.2, 0.25) is 0 Å². The van der Waals surface area contributed by atoms with E-state index in [1.807, 2.05) is 61.5 Å². The van der Waals surface area contributed by atoms with E-state index in [0.717, 1.165) is 16.9 Å². The SMILES string of the molecule is COc1ccc(CO[C@@H]([C@@H]2CCO[C@H](c3ccccc3)O2)[C@]2(C)O[C@H]2CO)cc1. The van der Waals surface area contributed by atoms with Gasteiger partial charge in [0.1, 0.15) is 23.6 Å². The van der Waals surface area contributed by atoms with E-state index in [1.54, 1.807) is 7.11 Å². The first-order valence-corrected chi connectivity index (χ1v) is 9.99. The minimum Gasteiger partial charge on any atom is -0.497 e. The minimum atomic E-state index is -0.579. The summed E-state index contributed by atoms with van der Waals surface area (Å²) < 4.78 is 29.5. The Hall–Kier alpha value is -1.96. The summed E-state index contributed by atoms with van der Waals surface area (Å²) in [6, 6.07) is 17.7. The number of hydrogen-bond donors (Lipinski definition) is 1. The van der Waals surface area contributed by atoms with E-state index in [4.69, 9.17) is 23.7 Å². The van der Waals surface area contributed by atoms with Crippen molar-refractivity contribution in [1.82, 2.24) is 0 Å². The minimum absolute atomic E-state index is 0.0375. The second-order valence-electron chi connectivity index (χ2n) is 7.63. The van der Waals surface area contributed by atoms with Gasteiger partial charge in [-0.15, -0.1) is 0 Å². The van der Waals surface area contributed by atoms with Crippen LogP contribution in [0, 0.1) is 0 Å². The van der Waals surface area contributed by atoms with Crippen LogP contribution in [-0.2, 0) is 25.6 Å². The van der Waals surface area contributed by atoms with E-state index < -0.39 is 11.9 Å². The van der Waals surface area contributed by atoms with Crippen molar-refractivity contribution < 1.29 is 28.8 Å². The zero-order chi connectivity index (χ0) is 20.3. The van der Waals surface area contributed by atoms with Gasteiger partial charge in [-0.05, 0) is 31.0 Å². The molecule has 2 aromatic carbocycles. The molecule has 0 radical (unpaired) electrons. The molecule has 0 aromatic heterocycles. The average Bonchev–Trinajstić information content (AvgIpc) is 3.46. The quantitative estimate of drug-likeness (QED) is 0.686. The van der Waals surface area contributed by atoms with Gasteiger partial charge in [-0.2, -0.15) is 0 Å². The number of hydrogen-bond acceptors (Lipinski definition) is 6. The van der Waals surface area contributed by atoms with Crippen LogP contribution in [0.15, 0.2) is 54.6 Å². The van der Waals surface area contributed by atoms with E-state index in [1.165, 1.54) is 0 Å². The molecule has 2 aromatic rings. The van der Waals surface area contributed by atoms with E-state index in [2.05, 4.69) is 0 Å². The highest BCUT2D eigenvalue weighted by atomic mass is 16.7. The average molecular weight is 400 g/mol. The Bertz CT molecular complexity index is 780. The Morgan fingerprint density at radius 1 is 1.14 bits per heavy atom. The van der Waals surface area contributed by atoms with E-state index in [0.29, 0.717) is 19.6 Å². The van der Waals surface area contributed by atoms with Crippen molar-refractivity contribution in [3.63, 3.8) is 0 Å². The summed E-state index contributed by atoms with van der Waals surface area (Å²) in [5.74, 6) is 0.807. The van der Waals surface area contributed by atoms with Crippen LogP contribution < -0.4 is 4.74 Å². The first-order chi connectivity index (χ1) is 14.1. The molecule has 1 N–H and O–H groups in total. The van der Waals surface area contributed by atoms with Gasteiger partial charge in [-0.1, -0.05) is 42.5 Å². The van der Waals surface area contributed by atoms with Gasteiger partial charge in [0.25, 0.3) is 0 Å². The van der Waals surface area contributed by atoms with Crippen molar-refractivity contribution in [3.05, 3.63) is 65.7 Å². The lowest BCUT2D eigenvalue weighted by atomic mass is 9.93. The highest BCUT2D eigenvalue weighted by molar-refractivity contribution is 5.26. The lowest BCUT2D eigenvalue weighted by Gasteiger charge is -2.37. The molecule has 2 aliphatic rings. The number of aliphatic hydroxyl groups excluding tert-OH is 1. The van der Waals surface area contributed by atoms with Crippen molar-refractivity contribution >= 4 is 0 Å². The van der Waals surface area contributed by atoms with Crippen LogP contribution >= 0.6 is 0 Å². The molecule has 0 spiro atoms. The van der Waals surface area contributed by atoms with Crippen LogP contribution in [0.2, 0.25) is 0 Å². The molecule has 156 valence electrons. The molecule has 6 nitrogen and oxygen atoms in total. The van der Waals surface area contributed by atoms with Gasteiger partial charge in [0.05, 0.1) is 33.0 Å². The Morgan fingerprint density at radius 3 is 2.55 bits per heavy atom. The molecular weight excluding hydrogens is 372 g/mol. The molecule has 0 aliphatic carbocycles. The van der Waals surface area contributed by atoms with E-state index >= 15 is 0 Å². The number of rotatable bonds is 8. The second kappa shape index (κ2) is 8.81. The molecule has 4 rings (SSSR count). The van der Waals surface area contributed by atoms with Crippen LogP contribution in [0.5, 0.6) is 5.75 Å². The summed E-state index contributed by atoms with van der Waals surface area (Å²) in [6.07, 6.45) is -0.499. The first-order valence-electron chi connectivity index (χ1n) is 9.99. The third-order valence-electron chi connectivity index (χ3n) is 5.68. The summed E-state index contributed by atoms with van der Waals surface area (Å²) in [4.78, 5) is 0. The van der Waals surface area contributed by atoms with Crippen molar-refractivity contribution in [2.24, 2.45) is 0 Å². The summed E-state index contributed by atoms with van der Waals surface area (Å²) in [7, 11) is 1.65. The van der Waals surface area contributed by atoms with Crippen LogP contribution in [0.1, 0.15) is 30.8 Å². The molecule has 0 unspecified atom stereocenters. The Morgan fingerprint density at radius 2 is 1.90 bits per heavy atom. The first kappa shape index (κ1) is 20.3. The molecule has 0 bridgehead atoms. The monoisotopic (exact) mass is 400 g/mol. The van der Waals surface area contributed by atoms with Crippen molar-refractivity contribution in [2.75, 3.05) is 20.3 Å². The van der Waals surface area contributed by atoms with Crippen LogP contribution in [-0.4, -0.2) is 49.3 Å². The molecule has 29 heavy (non-hydrogen) atoms. The molecule has 2 aliphatic heterocycles. The summed E-state index contributed by atoms with van der Waals surface area (Å²) in [5.41, 5.74) is 1.43. The highest BCUT2D eigenvalue weighted by Crippen LogP contribution is 2.44. The smallest absolute Gasteiger partial charge is 0.184 e. The van der Waals surface area contributed by atoms with Gasteiger partial charge in [0.15, 0.2) is 6.29 Å². The van der Waals surface area contributed by atoms with Gasteiger partial charge in [0, 0.05) is 5.56 Å². The normalized spacial score (nSPS) is 30.0. The topological polar surface area (TPSA) is 69.7 Å². The lowest BCUT2D eigenvalue weighted by molar-refractivity contribution is -0.251. The fourth-order valence-corrected chi connectivity index (χ4v) is 3.86.